The smallest absolute Gasteiger partial charge is 0.328 e. The molecule has 2 aromatic rings. The fraction of sp³-hybridized carbons (Fsp3) is 0.200. The lowest BCUT2D eigenvalue weighted by atomic mass is 10.3. The number of thiazole rings is 1. The minimum absolute atomic E-state index is 0.830. The second-order valence-corrected chi connectivity index (χ2v) is 4.46. The standard InChI is InChI=1S/C10H10N2O2S/c1-6-5-12-8(3-4-9(13)14)7(2)11-10(12)15-6/h3-5H,1-2H3,(H,13,14)/b4-3+. The first-order valence-corrected chi connectivity index (χ1v) is 5.25. The number of carboxylic acids is 1. The summed E-state index contributed by atoms with van der Waals surface area (Å²) in [6.07, 6.45) is 4.66. The second kappa shape index (κ2) is 3.51. The first-order valence-electron chi connectivity index (χ1n) is 4.44. The molecule has 4 nitrogen and oxygen atoms in total. The van der Waals surface area contributed by atoms with Crippen molar-refractivity contribution < 1.29 is 9.90 Å². The van der Waals surface area contributed by atoms with Crippen molar-refractivity contribution in [2.45, 2.75) is 13.8 Å². The number of carboxylic acid groups (broad SMARTS) is 1. The quantitative estimate of drug-likeness (QED) is 0.792. The molecule has 0 spiro atoms. The number of fused-ring (bicyclic) bond motifs is 1. The van der Waals surface area contributed by atoms with Gasteiger partial charge in [0.05, 0.1) is 11.4 Å². The van der Waals surface area contributed by atoms with Crippen molar-refractivity contribution in [1.29, 1.82) is 0 Å². The van der Waals surface area contributed by atoms with Gasteiger partial charge in [-0.1, -0.05) is 0 Å². The average Bonchev–Trinajstić information content (AvgIpc) is 2.57. The Bertz CT molecular complexity index is 551. The lowest BCUT2D eigenvalue weighted by molar-refractivity contribution is -0.131. The molecule has 78 valence electrons. The van der Waals surface area contributed by atoms with E-state index in [0.717, 1.165) is 27.3 Å². The Morgan fingerprint density at radius 1 is 1.60 bits per heavy atom. The molecule has 0 aliphatic heterocycles. The number of aromatic nitrogens is 2. The van der Waals surface area contributed by atoms with E-state index in [4.69, 9.17) is 5.11 Å². The second-order valence-electron chi connectivity index (χ2n) is 3.25. The van der Waals surface area contributed by atoms with Crippen LogP contribution in [-0.2, 0) is 4.79 Å². The summed E-state index contributed by atoms with van der Waals surface area (Å²) in [4.78, 5) is 16.8. The van der Waals surface area contributed by atoms with Crippen molar-refractivity contribution in [3.63, 3.8) is 0 Å². The van der Waals surface area contributed by atoms with Crippen LogP contribution in [0.2, 0.25) is 0 Å². The van der Waals surface area contributed by atoms with Crippen LogP contribution in [0, 0.1) is 13.8 Å². The molecule has 0 saturated carbocycles. The van der Waals surface area contributed by atoms with Crippen LogP contribution in [0.5, 0.6) is 0 Å². The monoisotopic (exact) mass is 222 g/mol. The molecule has 0 fully saturated rings. The number of rotatable bonds is 2. The van der Waals surface area contributed by atoms with Gasteiger partial charge in [-0.3, -0.25) is 4.40 Å². The van der Waals surface area contributed by atoms with Gasteiger partial charge in [0, 0.05) is 17.2 Å². The summed E-state index contributed by atoms with van der Waals surface area (Å²) in [6.45, 7) is 3.87. The molecule has 0 aliphatic carbocycles. The molecule has 15 heavy (non-hydrogen) atoms. The highest BCUT2D eigenvalue weighted by Crippen LogP contribution is 2.21. The van der Waals surface area contributed by atoms with Gasteiger partial charge < -0.3 is 5.11 Å². The Morgan fingerprint density at radius 2 is 2.33 bits per heavy atom. The van der Waals surface area contributed by atoms with Gasteiger partial charge >= 0.3 is 5.97 Å². The Hall–Kier alpha value is -1.62. The van der Waals surface area contributed by atoms with E-state index in [1.54, 1.807) is 17.4 Å². The van der Waals surface area contributed by atoms with Crippen molar-refractivity contribution >= 4 is 28.3 Å². The summed E-state index contributed by atoms with van der Waals surface area (Å²) in [5, 5.41) is 8.57. The molecule has 0 bridgehead atoms. The molecule has 0 aromatic carbocycles. The van der Waals surface area contributed by atoms with Crippen LogP contribution in [0.3, 0.4) is 0 Å². The number of carbonyl (C=O) groups is 1. The summed E-state index contributed by atoms with van der Waals surface area (Å²) < 4.78 is 1.91. The summed E-state index contributed by atoms with van der Waals surface area (Å²) in [5.41, 5.74) is 1.68. The van der Waals surface area contributed by atoms with Gasteiger partial charge in [-0.2, -0.15) is 0 Å². The first kappa shape index (κ1) is 9.92. The summed E-state index contributed by atoms with van der Waals surface area (Å²) in [7, 11) is 0. The number of imidazole rings is 1. The van der Waals surface area contributed by atoms with E-state index in [0.29, 0.717) is 0 Å². The summed E-state index contributed by atoms with van der Waals surface area (Å²) in [6, 6.07) is 0. The third-order valence-corrected chi connectivity index (χ3v) is 2.94. The molecule has 5 heteroatoms. The fourth-order valence-electron chi connectivity index (χ4n) is 1.43. The van der Waals surface area contributed by atoms with Crippen LogP contribution < -0.4 is 0 Å². The Balaban J connectivity index is 2.57. The normalized spacial score (nSPS) is 11.6. The topological polar surface area (TPSA) is 54.6 Å². The van der Waals surface area contributed by atoms with E-state index >= 15 is 0 Å². The zero-order valence-corrected chi connectivity index (χ0v) is 9.21. The van der Waals surface area contributed by atoms with E-state index in [2.05, 4.69) is 4.98 Å². The lowest BCUT2D eigenvalue weighted by Crippen LogP contribution is -1.89. The highest BCUT2D eigenvalue weighted by Gasteiger charge is 2.08. The van der Waals surface area contributed by atoms with Gasteiger partial charge in [-0.05, 0) is 19.9 Å². The maximum absolute atomic E-state index is 10.4. The number of hydrogen-bond acceptors (Lipinski definition) is 3. The van der Waals surface area contributed by atoms with E-state index in [1.165, 1.54) is 0 Å². The number of hydrogen-bond donors (Lipinski definition) is 1. The molecule has 0 radical (unpaired) electrons. The molecule has 0 atom stereocenters. The molecule has 1 N–H and O–H groups in total. The summed E-state index contributed by atoms with van der Waals surface area (Å²) in [5.74, 6) is -0.948. The highest BCUT2D eigenvalue weighted by molar-refractivity contribution is 7.17. The molecule has 2 aromatic heterocycles. The Kier molecular flexibility index (Phi) is 2.32. The zero-order valence-electron chi connectivity index (χ0n) is 8.39. The van der Waals surface area contributed by atoms with Gasteiger partial charge in [0.25, 0.3) is 0 Å². The third kappa shape index (κ3) is 1.78. The van der Waals surface area contributed by atoms with Crippen LogP contribution in [0.1, 0.15) is 16.3 Å². The Morgan fingerprint density at radius 3 is 3.00 bits per heavy atom. The number of aryl methyl sites for hydroxylation is 2. The van der Waals surface area contributed by atoms with Gasteiger partial charge in [0.15, 0.2) is 4.96 Å². The van der Waals surface area contributed by atoms with Crippen molar-refractivity contribution in [3.8, 4) is 0 Å². The molecule has 2 heterocycles. The third-order valence-electron chi connectivity index (χ3n) is 2.05. The van der Waals surface area contributed by atoms with Crippen LogP contribution in [0.4, 0.5) is 0 Å². The van der Waals surface area contributed by atoms with Gasteiger partial charge in [0.2, 0.25) is 0 Å². The van der Waals surface area contributed by atoms with E-state index < -0.39 is 5.97 Å². The average molecular weight is 222 g/mol. The van der Waals surface area contributed by atoms with Crippen molar-refractivity contribution in [3.05, 3.63) is 28.5 Å². The maximum atomic E-state index is 10.4. The van der Waals surface area contributed by atoms with Crippen LogP contribution in [-0.4, -0.2) is 20.5 Å². The van der Waals surface area contributed by atoms with Crippen LogP contribution >= 0.6 is 11.3 Å². The molecule has 0 unspecified atom stereocenters. The number of aliphatic carboxylic acids is 1. The predicted molar refractivity (Wildman–Crippen MR) is 59.2 cm³/mol. The molecule has 2 rings (SSSR count). The SMILES string of the molecule is Cc1cn2c(/C=C/C(=O)O)c(C)nc2s1. The number of nitrogens with zero attached hydrogens (tertiary/aromatic N) is 2. The minimum Gasteiger partial charge on any atom is -0.478 e. The predicted octanol–water partition coefficient (Wildman–Crippen LogP) is 2.11. The first-order chi connectivity index (χ1) is 7.08. The van der Waals surface area contributed by atoms with Crippen LogP contribution in [0.25, 0.3) is 11.0 Å². The van der Waals surface area contributed by atoms with Crippen molar-refractivity contribution in [2.75, 3.05) is 0 Å². The van der Waals surface area contributed by atoms with Gasteiger partial charge in [0.1, 0.15) is 0 Å². The molecule has 0 aliphatic rings. The largest absolute Gasteiger partial charge is 0.478 e. The fourth-order valence-corrected chi connectivity index (χ4v) is 2.31. The van der Waals surface area contributed by atoms with E-state index in [9.17, 15) is 4.79 Å². The van der Waals surface area contributed by atoms with Gasteiger partial charge in [-0.15, -0.1) is 11.3 Å². The van der Waals surface area contributed by atoms with E-state index in [1.807, 2.05) is 24.4 Å². The Labute approximate surface area is 90.5 Å². The van der Waals surface area contributed by atoms with Crippen molar-refractivity contribution in [2.24, 2.45) is 0 Å². The molecular formula is C10H10N2O2S. The molecule has 0 amide bonds. The molecule has 0 saturated heterocycles. The van der Waals surface area contributed by atoms with Crippen molar-refractivity contribution in [1.82, 2.24) is 9.38 Å². The van der Waals surface area contributed by atoms with Crippen LogP contribution in [0.15, 0.2) is 12.3 Å². The highest BCUT2D eigenvalue weighted by atomic mass is 32.1. The summed E-state index contributed by atoms with van der Waals surface area (Å²) >= 11 is 1.59. The molecular weight excluding hydrogens is 212 g/mol. The van der Waals surface area contributed by atoms with E-state index in [-0.39, 0.29) is 0 Å². The lowest BCUT2D eigenvalue weighted by Gasteiger charge is -1.91. The maximum Gasteiger partial charge on any atom is 0.328 e. The zero-order chi connectivity index (χ0) is 11.0. The minimum atomic E-state index is -0.948. The van der Waals surface area contributed by atoms with Gasteiger partial charge in [-0.25, -0.2) is 9.78 Å².